The molecule has 0 heterocycles. The van der Waals surface area contributed by atoms with Crippen molar-refractivity contribution in [1.82, 2.24) is 0 Å². The molecule has 0 saturated heterocycles. The number of ether oxygens (including phenoxy) is 2. The van der Waals surface area contributed by atoms with Gasteiger partial charge in [0.25, 0.3) is 0 Å². The number of hydrogen-bond acceptors (Lipinski definition) is 2. The zero-order valence-corrected chi connectivity index (χ0v) is 11.4. The molecular formula is C16H24O2. The van der Waals surface area contributed by atoms with Gasteiger partial charge in [-0.05, 0) is 37.3 Å². The Labute approximate surface area is 110 Å². The molecule has 0 amide bonds. The lowest BCUT2D eigenvalue weighted by molar-refractivity contribution is 0.208. The first-order valence-corrected chi connectivity index (χ1v) is 7.24. The van der Waals surface area contributed by atoms with Gasteiger partial charge in [0, 0.05) is 6.07 Å². The van der Waals surface area contributed by atoms with Crippen LogP contribution in [0.15, 0.2) is 24.3 Å². The summed E-state index contributed by atoms with van der Waals surface area (Å²) in [7, 11) is 0. The van der Waals surface area contributed by atoms with E-state index in [2.05, 4.69) is 6.92 Å². The van der Waals surface area contributed by atoms with E-state index in [9.17, 15) is 0 Å². The van der Waals surface area contributed by atoms with E-state index in [1.807, 2.05) is 24.3 Å². The second-order valence-electron chi connectivity index (χ2n) is 5.14. The van der Waals surface area contributed by atoms with Crippen LogP contribution >= 0.6 is 0 Å². The minimum Gasteiger partial charge on any atom is -0.493 e. The normalized spacial score (nSPS) is 16.5. The lowest BCUT2D eigenvalue weighted by atomic mass is 9.90. The second-order valence-corrected chi connectivity index (χ2v) is 5.14. The first kappa shape index (κ1) is 13.3. The third kappa shape index (κ3) is 4.25. The number of hydrogen-bond donors (Lipinski definition) is 0. The SMILES string of the molecule is CCCOc1cccc(OCC2CCCCC2)c1. The third-order valence-corrected chi connectivity index (χ3v) is 3.49. The first-order chi connectivity index (χ1) is 8.88. The van der Waals surface area contributed by atoms with Crippen molar-refractivity contribution >= 4 is 0 Å². The maximum atomic E-state index is 5.89. The van der Waals surface area contributed by atoms with Crippen LogP contribution in [0.4, 0.5) is 0 Å². The summed E-state index contributed by atoms with van der Waals surface area (Å²) in [5.74, 6) is 2.60. The summed E-state index contributed by atoms with van der Waals surface area (Å²) in [5.41, 5.74) is 0. The van der Waals surface area contributed by atoms with Gasteiger partial charge in [-0.1, -0.05) is 32.3 Å². The molecule has 100 valence electrons. The van der Waals surface area contributed by atoms with E-state index in [1.54, 1.807) is 0 Å². The maximum Gasteiger partial charge on any atom is 0.122 e. The Bertz CT molecular complexity index is 343. The van der Waals surface area contributed by atoms with E-state index in [-0.39, 0.29) is 0 Å². The second kappa shape index (κ2) is 7.30. The van der Waals surface area contributed by atoms with Crippen molar-refractivity contribution in [2.45, 2.75) is 45.4 Å². The molecule has 0 radical (unpaired) electrons. The summed E-state index contributed by atoms with van der Waals surface area (Å²) < 4.78 is 11.5. The molecule has 1 aliphatic carbocycles. The van der Waals surface area contributed by atoms with Crippen molar-refractivity contribution in [2.75, 3.05) is 13.2 Å². The largest absolute Gasteiger partial charge is 0.493 e. The number of rotatable bonds is 6. The Morgan fingerprint density at radius 2 is 1.78 bits per heavy atom. The van der Waals surface area contributed by atoms with Gasteiger partial charge in [0.15, 0.2) is 0 Å². The quantitative estimate of drug-likeness (QED) is 0.741. The highest BCUT2D eigenvalue weighted by atomic mass is 16.5. The summed E-state index contributed by atoms with van der Waals surface area (Å²) in [6.07, 6.45) is 7.82. The summed E-state index contributed by atoms with van der Waals surface area (Å²) in [6.45, 7) is 3.74. The molecule has 1 aliphatic rings. The van der Waals surface area contributed by atoms with Gasteiger partial charge >= 0.3 is 0 Å². The Hall–Kier alpha value is -1.18. The van der Waals surface area contributed by atoms with Crippen LogP contribution in [0, 0.1) is 5.92 Å². The molecule has 0 bridgehead atoms. The molecule has 0 unspecified atom stereocenters. The molecule has 1 fully saturated rings. The fraction of sp³-hybridized carbons (Fsp3) is 0.625. The third-order valence-electron chi connectivity index (χ3n) is 3.49. The van der Waals surface area contributed by atoms with Gasteiger partial charge in [-0.2, -0.15) is 0 Å². The van der Waals surface area contributed by atoms with Gasteiger partial charge < -0.3 is 9.47 Å². The van der Waals surface area contributed by atoms with Crippen LogP contribution in [0.5, 0.6) is 11.5 Å². The van der Waals surface area contributed by atoms with Crippen molar-refractivity contribution in [3.8, 4) is 11.5 Å². The summed E-state index contributed by atoms with van der Waals surface area (Å²) in [6, 6.07) is 8.00. The molecular weight excluding hydrogens is 224 g/mol. The van der Waals surface area contributed by atoms with Crippen molar-refractivity contribution in [3.63, 3.8) is 0 Å². The van der Waals surface area contributed by atoms with E-state index in [4.69, 9.17) is 9.47 Å². The standard InChI is InChI=1S/C16H24O2/c1-2-11-17-15-9-6-10-16(12-15)18-13-14-7-4-3-5-8-14/h6,9-10,12,14H,2-5,7-8,11,13H2,1H3. The molecule has 1 aromatic rings. The van der Waals surface area contributed by atoms with E-state index in [1.165, 1.54) is 32.1 Å². The molecule has 0 N–H and O–H groups in total. The fourth-order valence-corrected chi connectivity index (χ4v) is 2.44. The minimum atomic E-state index is 0.749. The van der Waals surface area contributed by atoms with Crippen LogP contribution < -0.4 is 9.47 Å². The predicted molar refractivity (Wildman–Crippen MR) is 74.3 cm³/mol. The molecule has 18 heavy (non-hydrogen) atoms. The smallest absolute Gasteiger partial charge is 0.122 e. The predicted octanol–water partition coefficient (Wildman–Crippen LogP) is 4.43. The minimum absolute atomic E-state index is 0.749. The fourth-order valence-electron chi connectivity index (χ4n) is 2.44. The lowest BCUT2D eigenvalue weighted by Crippen LogP contribution is -2.15. The van der Waals surface area contributed by atoms with Gasteiger partial charge in [0.1, 0.15) is 11.5 Å². The molecule has 1 aromatic carbocycles. The average Bonchev–Trinajstić information content (AvgIpc) is 2.44. The zero-order valence-electron chi connectivity index (χ0n) is 11.4. The van der Waals surface area contributed by atoms with Crippen molar-refractivity contribution < 1.29 is 9.47 Å². The van der Waals surface area contributed by atoms with Gasteiger partial charge in [-0.15, -0.1) is 0 Å². The van der Waals surface area contributed by atoms with Crippen LogP contribution in [0.3, 0.4) is 0 Å². The van der Waals surface area contributed by atoms with Gasteiger partial charge in [-0.25, -0.2) is 0 Å². The molecule has 0 aliphatic heterocycles. The van der Waals surface area contributed by atoms with Crippen molar-refractivity contribution in [1.29, 1.82) is 0 Å². The molecule has 2 rings (SSSR count). The average molecular weight is 248 g/mol. The summed E-state index contributed by atoms with van der Waals surface area (Å²) in [4.78, 5) is 0. The topological polar surface area (TPSA) is 18.5 Å². The first-order valence-electron chi connectivity index (χ1n) is 7.24. The Kier molecular flexibility index (Phi) is 5.37. The Morgan fingerprint density at radius 1 is 1.06 bits per heavy atom. The van der Waals surface area contributed by atoms with Crippen LogP contribution in [-0.4, -0.2) is 13.2 Å². The number of benzene rings is 1. The van der Waals surface area contributed by atoms with Crippen LogP contribution in [-0.2, 0) is 0 Å². The summed E-state index contributed by atoms with van der Waals surface area (Å²) in [5, 5.41) is 0. The maximum absolute atomic E-state index is 5.89. The highest BCUT2D eigenvalue weighted by molar-refractivity contribution is 5.32. The van der Waals surface area contributed by atoms with E-state index in [0.717, 1.165) is 37.1 Å². The highest BCUT2D eigenvalue weighted by Crippen LogP contribution is 2.25. The molecule has 0 aromatic heterocycles. The van der Waals surface area contributed by atoms with E-state index in [0.29, 0.717) is 0 Å². The van der Waals surface area contributed by atoms with Gasteiger partial charge in [0.2, 0.25) is 0 Å². The monoisotopic (exact) mass is 248 g/mol. The highest BCUT2D eigenvalue weighted by Gasteiger charge is 2.13. The Morgan fingerprint density at radius 3 is 2.50 bits per heavy atom. The van der Waals surface area contributed by atoms with Crippen molar-refractivity contribution in [2.24, 2.45) is 5.92 Å². The van der Waals surface area contributed by atoms with Gasteiger partial charge in [-0.3, -0.25) is 0 Å². The molecule has 2 heteroatoms. The molecule has 0 spiro atoms. The van der Waals surface area contributed by atoms with E-state index >= 15 is 0 Å². The Balaban J connectivity index is 1.80. The van der Waals surface area contributed by atoms with E-state index < -0.39 is 0 Å². The lowest BCUT2D eigenvalue weighted by Gasteiger charge is -2.21. The summed E-state index contributed by atoms with van der Waals surface area (Å²) >= 11 is 0. The molecule has 1 saturated carbocycles. The van der Waals surface area contributed by atoms with Crippen LogP contribution in [0.2, 0.25) is 0 Å². The van der Waals surface area contributed by atoms with Crippen molar-refractivity contribution in [3.05, 3.63) is 24.3 Å². The molecule has 0 atom stereocenters. The van der Waals surface area contributed by atoms with Gasteiger partial charge in [0.05, 0.1) is 13.2 Å². The molecule has 2 nitrogen and oxygen atoms in total. The van der Waals surface area contributed by atoms with Crippen LogP contribution in [0.25, 0.3) is 0 Å². The zero-order chi connectivity index (χ0) is 12.6. The van der Waals surface area contributed by atoms with Crippen LogP contribution in [0.1, 0.15) is 45.4 Å².